The van der Waals surface area contributed by atoms with E-state index in [1.165, 1.54) is 24.8 Å². The monoisotopic (exact) mass is 221 g/mol. The SMILES string of the molecule is CC(NC1(C)CCC1)c1cnn(C(C)C)c1. The Balaban J connectivity index is 2.00. The second-order valence-corrected chi connectivity index (χ2v) is 5.63. The summed E-state index contributed by atoms with van der Waals surface area (Å²) in [4.78, 5) is 0. The Morgan fingerprint density at radius 1 is 1.38 bits per heavy atom. The summed E-state index contributed by atoms with van der Waals surface area (Å²) in [6.45, 7) is 8.86. The zero-order valence-corrected chi connectivity index (χ0v) is 10.8. The molecule has 1 unspecified atom stereocenters. The third-order valence-corrected chi connectivity index (χ3v) is 3.67. The Morgan fingerprint density at radius 3 is 2.50 bits per heavy atom. The highest BCUT2D eigenvalue weighted by molar-refractivity contribution is 5.11. The van der Waals surface area contributed by atoms with E-state index in [1.54, 1.807) is 0 Å². The van der Waals surface area contributed by atoms with Crippen LogP contribution in [-0.2, 0) is 0 Å². The molecule has 2 rings (SSSR count). The van der Waals surface area contributed by atoms with Gasteiger partial charge in [-0.25, -0.2) is 0 Å². The zero-order valence-electron chi connectivity index (χ0n) is 10.8. The third-order valence-electron chi connectivity index (χ3n) is 3.67. The summed E-state index contributed by atoms with van der Waals surface area (Å²) in [7, 11) is 0. The van der Waals surface area contributed by atoms with Crippen molar-refractivity contribution < 1.29 is 0 Å². The summed E-state index contributed by atoms with van der Waals surface area (Å²) in [5, 5.41) is 8.10. The van der Waals surface area contributed by atoms with Gasteiger partial charge in [-0.1, -0.05) is 0 Å². The van der Waals surface area contributed by atoms with Gasteiger partial charge in [0.2, 0.25) is 0 Å². The van der Waals surface area contributed by atoms with E-state index in [0.717, 1.165) is 0 Å². The van der Waals surface area contributed by atoms with E-state index < -0.39 is 0 Å². The van der Waals surface area contributed by atoms with Crippen LogP contribution in [-0.4, -0.2) is 15.3 Å². The average molecular weight is 221 g/mol. The molecule has 90 valence electrons. The Morgan fingerprint density at radius 2 is 2.06 bits per heavy atom. The minimum absolute atomic E-state index is 0.360. The van der Waals surface area contributed by atoms with Gasteiger partial charge in [0.1, 0.15) is 0 Å². The van der Waals surface area contributed by atoms with Crippen LogP contribution >= 0.6 is 0 Å². The van der Waals surface area contributed by atoms with Crippen molar-refractivity contribution in [2.24, 2.45) is 0 Å². The molecule has 1 aromatic rings. The first-order valence-corrected chi connectivity index (χ1v) is 6.32. The first-order valence-electron chi connectivity index (χ1n) is 6.32. The van der Waals surface area contributed by atoms with E-state index in [-0.39, 0.29) is 0 Å². The van der Waals surface area contributed by atoms with Crippen LogP contribution in [0.4, 0.5) is 0 Å². The van der Waals surface area contributed by atoms with E-state index in [2.05, 4.69) is 44.3 Å². The fourth-order valence-corrected chi connectivity index (χ4v) is 2.32. The highest BCUT2D eigenvalue weighted by atomic mass is 15.3. The molecular weight excluding hydrogens is 198 g/mol. The molecule has 3 nitrogen and oxygen atoms in total. The molecule has 0 amide bonds. The molecule has 0 bridgehead atoms. The molecule has 16 heavy (non-hydrogen) atoms. The lowest BCUT2D eigenvalue weighted by Crippen LogP contribution is -2.48. The van der Waals surface area contributed by atoms with Crippen molar-refractivity contribution in [2.45, 2.75) is 64.6 Å². The normalized spacial score (nSPS) is 20.8. The third kappa shape index (κ3) is 2.29. The molecule has 1 fully saturated rings. The van der Waals surface area contributed by atoms with Gasteiger partial charge < -0.3 is 5.32 Å². The molecule has 0 aromatic carbocycles. The molecule has 1 aliphatic carbocycles. The van der Waals surface area contributed by atoms with Crippen LogP contribution < -0.4 is 5.32 Å². The maximum absolute atomic E-state index is 4.39. The van der Waals surface area contributed by atoms with Gasteiger partial charge in [0, 0.05) is 29.4 Å². The molecule has 1 saturated carbocycles. The van der Waals surface area contributed by atoms with Crippen molar-refractivity contribution in [2.75, 3.05) is 0 Å². The van der Waals surface area contributed by atoms with Crippen molar-refractivity contribution in [1.82, 2.24) is 15.1 Å². The molecule has 1 heterocycles. The van der Waals surface area contributed by atoms with Gasteiger partial charge in [-0.2, -0.15) is 5.10 Å². The van der Waals surface area contributed by atoms with Crippen molar-refractivity contribution in [3.05, 3.63) is 18.0 Å². The number of rotatable bonds is 4. The van der Waals surface area contributed by atoms with Crippen LogP contribution in [0.5, 0.6) is 0 Å². The molecule has 3 heteroatoms. The highest BCUT2D eigenvalue weighted by Gasteiger charge is 2.32. The molecule has 0 saturated heterocycles. The average Bonchev–Trinajstić information content (AvgIpc) is 2.64. The van der Waals surface area contributed by atoms with Crippen molar-refractivity contribution in [3.8, 4) is 0 Å². The summed E-state index contributed by atoms with van der Waals surface area (Å²) in [6, 6.07) is 0.845. The minimum atomic E-state index is 0.360. The molecule has 1 N–H and O–H groups in total. The second-order valence-electron chi connectivity index (χ2n) is 5.63. The van der Waals surface area contributed by atoms with Crippen LogP contribution in [0.25, 0.3) is 0 Å². The Hall–Kier alpha value is -0.830. The van der Waals surface area contributed by atoms with Crippen molar-refractivity contribution in [3.63, 3.8) is 0 Å². The number of nitrogens with one attached hydrogen (secondary N) is 1. The lowest BCUT2D eigenvalue weighted by Gasteiger charge is -2.41. The van der Waals surface area contributed by atoms with E-state index in [9.17, 15) is 0 Å². The molecule has 0 radical (unpaired) electrons. The van der Waals surface area contributed by atoms with Gasteiger partial charge in [-0.3, -0.25) is 4.68 Å². The maximum Gasteiger partial charge on any atom is 0.0537 e. The minimum Gasteiger partial charge on any atom is -0.305 e. The summed E-state index contributed by atoms with van der Waals surface area (Å²) < 4.78 is 2.02. The van der Waals surface area contributed by atoms with Gasteiger partial charge in [-0.05, 0) is 47.0 Å². The highest BCUT2D eigenvalue weighted by Crippen LogP contribution is 2.33. The summed E-state index contributed by atoms with van der Waals surface area (Å²) in [5.74, 6) is 0. The Kier molecular flexibility index (Phi) is 3.06. The van der Waals surface area contributed by atoms with Gasteiger partial charge in [0.05, 0.1) is 6.20 Å². The first kappa shape index (κ1) is 11.6. The largest absolute Gasteiger partial charge is 0.305 e. The lowest BCUT2D eigenvalue weighted by atomic mass is 9.78. The zero-order chi connectivity index (χ0) is 11.8. The molecule has 1 aliphatic rings. The van der Waals surface area contributed by atoms with Gasteiger partial charge in [0.25, 0.3) is 0 Å². The lowest BCUT2D eigenvalue weighted by molar-refractivity contribution is 0.190. The number of hydrogen-bond donors (Lipinski definition) is 1. The van der Waals surface area contributed by atoms with E-state index >= 15 is 0 Å². The number of nitrogens with zero attached hydrogens (tertiary/aromatic N) is 2. The van der Waals surface area contributed by atoms with Gasteiger partial charge in [-0.15, -0.1) is 0 Å². The first-order chi connectivity index (χ1) is 7.50. The summed E-state index contributed by atoms with van der Waals surface area (Å²) in [6.07, 6.45) is 8.11. The van der Waals surface area contributed by atoms with Crippen LogP contribution in [0, 0.1) is 0 Å². The maximum atomic E-state index is 4.39. The number of aromatic nitrogens is 2. The fraction of sp³-hybridized carbons (Fsp3) is 0.769. The quantitative estimate of drug-likeness (QED) is 0.847. The molecule has 0 aliphatic heterocycles. The van der Waals surface area contributed by atoms with Crippen molar-refractivity contribution in [1.29, 1.82) is 0 Å². The standard InChI is InChI=1S/C13H23N3/c1-10(2)16-9-12(8-14-16)11(3)15-13(4)6-5-7-13/h8-11,15H,5-7H2,1-4H3. The smallest absolute Gasteiger partial charge is 0.0537 e. The predicted molar refractivity (Wildman–Crippen MR) is 66.4 cm³/mol. The summed E-state index contributed by atoms with van der Waals surface area (Å²) >= 11 is 0. The van der Waals surface area contributed by atoms with Gasteiger partial charge >= 0.3 is 0 Å². The van der Waals surface area contributed by atoms with Gasteiger partial charge in [0.15, 0.2) is 0 Å². The second kappa shape index (κ2) is 4.21. The Bertz CT molecular complexity index is 350. The van der Waals surface area contributed by atoms with Crippen LogP contribution in [0.1, 0.15) is 64.6 Å². The number of hydrogen-bond acceptors (Lipinski definition) is 2. The molecule has 1 atom stereocenters. The predicted octanol–water partition coefficient (Wildman–Crippen LogP) is 3.06. The fourth-order valence-electron chi connectivity index (χ4n) is 2.32. The topological polar surface area (TPSA) is 29.9 Å². The van der Waals surface area contributed by atoms with E-state index in [0.29, 0.717) is 17.6 Å². The van der Waals surface area contributed by atoms with E-state index in [4.69, 9.17) is 0 Å². The van der Waals surface area contributed by atoms with E-state index in [1.807, 2.05) is 10.9 Å². The molecule has 0 spiro atoms. The van der Waals surface area contributed by atoms with Crippen molar-refractivity contribution >= 4 is 0 Å². The van der Waals surface area contributed by atoms with Crippen LogP contribution in [0.2, 0.25) is 0 Å². The summed E-state index contributed by atoms with van der Waals surface area (Å²) in [5.41, 5.74) is 1.65. The van der Waals surface area contributed by atoms with Crippen LogP contribution in [0.15, 0.2) is 12.4 Å². The van der Waals surface area contributed by atoms with Crippen LogP contribution in [0.3, 0.4) is 0 Å². The Labute approximate surface area is 98.2 Å². The molecular formula is C13H23N3. The molecule has 1 aromatic heterocycles.